The Morgan fingerprint density at radius 1 is 1.20 bits per heavy atom. The number of benzene rings is 1. The number of hydrogen-bond acceptors (Lipinski definition) is 4. The van der Waals surface area contributed by atoms with Crippen LogP contribution in [0.25, 0.3) is 10.9 Å². The van der Waals surface area contributed by atoms with Crippen LogP contribution in [0.5, 0.6) is 0 Å². The van der Waals surface area contributed by atoms with Gasteiger partial charge in [0.05, 0.1) is 11.3 Å². The fraction of sp³-hybridized carbons (Fsp3) is 0.333. The lowest BCUT2D eigenvalue weighted by atomic mass is 10.0. The van der Waals surface area contributed by atoms with Gasteiger partial charge in [0.25, 0.3) is 0 Å². The lowest BCUT2D eigenvalue weighted by Gasteiger charge is -2.21. The van der Waals surface area contributed by atoms with Gasteiger partial charge in [0.2, 0.25) is 0 Å². The molecule has 3 rings (SSSR count). The summed E-state index contributed by atoms with van der Waals surface area (Å²) in [6, 6.07) is 9.21. The molecule has 2 aromatic rings. The molecule has 4 nitrogen and oxygen atoms in total. The van der Waals surface area contributed by atoms with Crippen molar-refractivity contribution in [1.82, 2.24) is 4.98 Å². The standard InChI is InChI=1S/C15H15NO3S/c17-15(14-7-3-4-8-20(14,18)19)12-9-11-5-1-2-6-13(11)16-10-12/h1-2,5-6,9-10,14H,3-4,7-8H2. The molecular weight excluding hydrogens is 274 g/mol. The largest absolute Gasteiger partial charge is 0.293 e. The van der Waals surface area contributed by atoms with Crippen molar-refractivity contribution >= 4 is 26.5 Å². The summed E-state index contributed by atoms with van der Waals surface area (Å²) in [5.41, 5.74) is 1.19. The highest BCUT2D eigenvalue weighted by molar-refractivity contribution is 7.92. The van der Waals surface area contributed by atoms with Crippen LogP contribution in [-0.4, -0.2) is 30.2 Å². The first-order chi connectivity index (χ1) is 9.58. The van der Waals surface area contributed by atoms with Crippen LogP contribution < -0.4 is 0 Å². The summed E-state index contributed by atoms with van der Waals surface area (Å²) >= 11 is 0. The number of ketones is 1. The van der Waals surface area contributed by atoms with Crippen molar-refractivity contribution in [2.24, 2.45) is 0 Å². The number of para-hydroxylation sites is 1. The molecule has 5 heteroatoms. The second-order valence-electron chi connectivity index (χ2n) is 5.13. The summed E-state index contributed by atoms with van der Waals surface area (Å²) in [6.07, 6.45) is 3.35. The normalized spacial score (nSPS) is 21.7. The average Bonchev–Trinajstić information content (AvgIpc) is 2.45. The van der Waals surface area contributed by atoms with Crippen LogP contribution in [0.3, 0.4) is 0 Å². The Morgan fingerprint density at radius 3 is 2.80 bits per heavy atom. The summed E-state index contributed by atoms with van der Waals surface area (Å²) in [4.78, 5) is 16.7. The molecule has 1 saturated heterocycles. The monoisotopic (exact) mass is 289 g/mol. The van der Waals surface area contributed by atoms with Crippen LogP contribution in [0.2, 0.25) is 0 Å². The van der Waals surface area contributed by atoms with Gasteiger partial charge >= 0.3 is 0 Å². The molecule has 1 fully saturated rings. The van der Waals surface area contributed by atoms with Crippen molar-refractivity contribution in [2.45, 2.75) is 24.5 Å². The summed E-state index contributed by atoms with van der Waals surface area (Å²) < 4.78 is 24.0. The molecule has 2 heterocycles. The maximum absolute atomic E-state index is 12.4. The first kappa shape index (κ1) is 13.2. The molecule has 0 radical (unpaired) electrons. The molecule has 104 valence electrons. The molecule has 1 aromatic heterocycles. The highest BCUT2D eigenvalue weighted by atomic mass is 32.2. The van der Waals surface area contributed by atoms with E-state index in [1.807, 2.05) is 24.3 Å². The lowest BCUT2D eigenvalue weighted by Crippen LogP contribution is -2.35. The van der Waals surface area contributed by atoms with Gasteiger partial charge in [0.15, 0.2) is 15.6 Å². The predicted octanol–water partition coefficient (Wildman–Crippen LogP) is 2.38. The number of carbonyl (C=O) groups excluding carboxylic acids is 1. The van der Waals surface area contributed by atoms with E-state index < -0.39 is 15.1 Å². The van der Waals surface area contributed by atoms with Gasteiger partial charge in [-0.05, 0) is 25.0 Å². The molecule has 1 unspecified atom stereocenters. The van der Waals surface area contributed by atoms with E-state index in [1.54, 1.807) is 6.07 Å². The van der Waals surface area contributed by atoms with Gasteiger partial charge in [0, 0.05) is 17.1 Å². The van der Waals surface area contributed by atoms with Crippen molar-refractivity contribution in [1.29, 1.82) is 0 Å². The average molecular weight is 289 g/mol. The number of hydrogen-bond donors (Lipinski definition) is 0. The fourth-order valence-electron chi connectivity index (χ4n) is 2.64. The third-order valence-electron chi connectivity index (χ3n) is 3.75. The molecule has 0 aliphatic carbocycles. The van der Waals surface area contributed by atoms with Crippen LogP contribution in [0.1, 0.15) is 29.6 Å². The Labute approximate surface area is 117 Å². The zero-order valence-corrected chi connectivity index (χ0v) is 11.8. The van der Waals surface area contributed by atoms with Crippen molar-refractivity contribution in [3.63, 3.8) is 0 Å². The van der Waals surface area contributed by atoms with Gasteiger partial charge < -0.3 is 0 Å². The van der Waals surface area contributed by atoms with Crippen molar-refractivity contribution in [3.05, 3.63) is 42.1 Å². The molecule has 1 aromatic carbocycles. The molecule has 1 aliphatic rings. The summed E-state index contributed by atoms with van der Waals surface area (Å²) in [5, 5.41) is -0.0363. The van der Waals surface area contributed by atoms with Gasteiger partial charge in [-0.3, -0.25) is 9.78 Å². The highest BCUT2D eigenvalue weighted by Gasteiger charge is 2.35. The second-order valence-corrected chi connectivity index (χ2v) is 7.44. The van der Waals surface area contributed by atoms with E-state index in [1.165, 1.54) is 6.20 Å². The summed E-state index contributed by atoms with van der Waals surface area (Å²) in [7, 11) is -3.30. The maximum atomic E-state index is 12.4. The Bertz CT molecular complexity index is 768. The minimum atomic E-state index is -3.30. The topological polar surface area (TPSA) is 64.1 Å². The van der Waals surface area contributed by atoms with E-state index >= 15 is 0 Å². The van der Waals surface area contributed by atoms with E-state index in [4.69, 9.17) is 0 Å². The first-order valence-electron chi connectivity index (χ1n) is 6.68. The number of nitrogens with zero attached hydrogens (tertiary/aromatic N) is 1. The van der Waals surface area contributed by atoms with Crippen LogP contribution >= 0.6 is 0 Å². The Balaban J connectivity index is 2.00. The zero-order chi connectivity index (χ0) is 14.2. The predicted molar refractivity (Wildman–Crippen MR) is 77.5 cm³/mol. The summed E-state index contributed by atoms with van der Waals surface area (Å²) in [6.45, 7) is 0. The molecule has 0 spiro atoms. The minimum Gasteiger partial charge on any atom is -0.293 e. The van der Waals surface area contributed by atoms with Crippen LogP contribution in [-0.2, 0) is 9.84 Å². The van der Waals surface area contributed by atoms with Crippen LogP contribution in [0.15, 0.2) is 36.5 Å². The number of carbonyl (C=O) groups is 1. The Hall–Kier alpha value is -1.75. The molecule has 0 saturated carbocycles. The quantitative estimate of drug-likeness (QED) is 0.796. The Morgan fingerprint density at radius 2 is 2.00 bits per heavy atom. The number of Topliss-reactive ketones (excluding diaryl/α,β-unsaturated/α-hetero) is 1. The zero-order valence-electron chi connectivity index (χ0n) is 11.0. The minimum absolute atomic E-state index is 0.115. The highest BCUT2D eigenvalue weighted by Crippen LogP contribution is 2.24. The van der Waals surface area contributed by atoms with E-state index in [9.17, 15) is 13.2 Å². The molecular formula is C15H15NO3S. The fourth-order valence-corrected chi connectivity index (χ4v) is 4.52. The van der Waals surface area contributed by atoms with Crippen molar-refractivity contribution < 1.29 is 13.2 Å². The molecule has 0 N–H and O–H groups in total. The molecule has 1 atom stereocenters. The molecule has 0 bridgehead atoms. The van der Waals surface area contributed by atoms with Crippen LogP contribution in [0.4, 0.5) is 0 Å². The number of rotatable bonds is 2. The lowest BCUT2D eigenvalue weighted by molar-refractivity contribution is 0.0981. The number of sulfone groups is 1. The van der Waals surface area contributed by atoms with E-state index in [0.29, 0.717) is 18.4 Å². The third-order valence-corrected chi connectivity index (χ3v) is 5.92. The van der Waals surface area contributed by atoms with E-state index in [2.05, 4.69) is 4.98 Å². The number of pyridine rings is 1. The molecule has 20 heavy (non-hydrogen) atoms. The molecule has 1 aliphatic heterocycles. The number of aromatic nitrogens is 1. The summed E-state index contributed by atoms with van der Waals surface area (Å²) in [5.74, 6) is -0.201. The van der Waals surface area contributed by atoms with Gasteiger partial charge in [-0.2, -0.15) is 0 Å². The number of fused-ring (bicyclic) bond motifs is 1. The van der Waals surface area contributed by atoms with Gasteiger partial charge in [0.1, 0.15) is 5.25 Å². The Kier molecular flexibility index (Phi) is 3.30. The maximum Gasteiger partial charge on any atom is 0.182 e. The molecule has 0 amide bonds. The van der Waals surface area contributed by atoms with Crippen LogP contribution in [0, 0.1) is 0 Å². The third kappa shape index (κ3) is 2.33. The van der Waals surface area contributed by atoms with Gasteiger partial charge in [-0.25, -0.2) is 8.42 Å². The SMILES string of the molecule is O=C(c1cnc2ccccc2c1)C1CCCCS1(=O)=O. The van der Waals surface area contributed by atoms with Crippen molar-refractivity contribution in [2.75, 3.05) is 5.75 Å². The van der Waals surface area contributed by atoms with Crippen molar-refractivity contribution in [3.8, 4) is 0 Å². The van der Waals surface area contributed by atoms with Gasteiger partial charge in [-0.15, -0.1) is 0 Å². The second kappa shape index (κ2) is 4.98. The van der Waals surface area contributed by atoms with E-state index in [0.717, 1.165) is 17.3 Å². The smallest absolute Gasteiger partial charge is 0.182 e. The first-order valence-corrected chi connectivity index (χ1v) is 8.40. The van der Waals surface area contributed by atoms with Gasteiger partial charge in [-0.1, -0.05) is 24.6 Å². The van der Waals surface area contributed by atoms with E-state index in [-0.39, 0.29) is 11.5 Å².